The molecule has 0 amide bonds. The molecule has 1 aromatic heterocycles. The van der Waals surface area contributed by atoms with Gasteiger partial charge in [-0.25, -0.2) is 4.98 Å². The Hall–Kier alpha value is -2.17. The Kier molecular flexibility index (Phi) is 3.03. The van der Waals surface area contributed by atoms with Gasteiger partial charge in [0.2, 0.25) is 0 Å². The first-order valence-corrected chi connectivity index (χ1v) is 6.55. The molecule has 3 rings (SSSR count). The first kappa shape index (κ1) is 11.9. The molecule has 19 heavy (non-hydrogen) atoms. The molecule has 2 heterocycles. The number of hydrogen-bond donors (Lipinski definition) is 0. The second kappa shape index (κ2) is 4.84. The molecule has 0 aliphatic carbocycles. The molecule has 1 fully saturated rings. The van der Waals surface area contributed by atoms with E-state index in [1.165, 1.54) is 12.5 Å². The van der Waals surface area contributed by atoms with E-state index in [-0.39, 0.29) is 10.6 Å². The quantitative estimate of drug-likeness (QED) is 0.612. The summed E-state index contributed by atoms with van der Waals surface area (Å²) in [6.07, 6.45) is 3.58. The molecule has 2 aromatic rings. The Morgan fingerprint density at radius 3 is 2.63 bits per heavy atom. The summed E-state index contributed by atoms with van der Waals surface area (Å²) in [6, 6.07) is 8.93. The Morgan fingerprint density at radius 2 is 1.89 bits per heavy atom. The highest BCUT2D eigenvalue weighted by Crippen LogP contribution is 2.27. The minimum Gasteiger partial charge on any atom is -0.357 e. The summed E-state index contributed by atoms with van der Waals surface area (Å²) in [4.78, 5) is 17.4. The predicted molar refractivity (Wildman–Crippen MR) is 74.5 cm³/mol. The van der Waals surface area contributed by atoms with Crippen molar-refractivity contribution in [3.8, 4) is 0 Å². The topological polar surface area (TPSA) is 59.3 Å². The van der Waals surface area contributed by atoms with E-state index in [9.17, 15) is 10.1 Å². The number of nitrogens with zero attached hydrogens (tertiary/aromatic N) is 3. The number of piperidine rings is 1. The lowest BCUT2D eigenvalue weighted by Gasteiger charge is -2.27. The Morgan fingerprint density at radius 1 is 1.11 bits per heavy atom. The molecule has 98 valence electrons. The lowest BCUT2D eigenvalue weighted by molar-refractivity contribution is -0.383. The SMILES string of the molecule is O=[N+]([O-])c1cccc2ccc(N3CCCCC3)nc12. The molecule has 5 nitrogen and oxygen atoms in total. The summed E-state index contributed by atoms with van der Waals surface area (Å²) in [7, 11) is 0. The fourth-order valence-electron chi connectivity index (χ4n) is 2.57. The van der Waals surface area contributed by atoms with Crippen LogP contribution < -0.4 is 4.90 Å². The van der Waals surface area contributed by atoms with Gasteiger partial charge in [-0.1, -0.05) is 12.1 Å². The van der Waals surface area contributed by atoms with E-state index in [0.29, 0.717) is 5.52 Å². The van der Waals surface area contributed by atoms with Crippen molar-refractivity contribution in [3.05, 3.63) is 40.4 Å². The number of anilines is 1. The average Bonchev–Trinajstić information content (AvgIpc) is 2.47. The van der Waals surface area contributed by atoms with Gasteiger partial charge in [0.05, 0.1) is 4.92 Å². The predicted octanol–water partition coefficient (Wildman–Crippen LogP) is 3.13. The van der Waals surface area contributed by atoms with Crippen LogP contribution in [0, 0.1) is 10.1 Å². The molecule has 0 spiro atoms. The number of fused-ring (bicyclic) bond motifs is 1. The smallest absolute Gasteiger partial charge is 0.295 e. The van der Waals surface area contributed by atoms with Crippen molar-refractivity contribution in [2.24, 2.45) is 0 Å². The van der Waals surface area contributed by atoms with Gasteiger partial charge in [0, 0.05) is 24.5 Å². The van der Waals surface area contributed by atoms with Gasteiger partial charge in [-0.15, -0.1) is 0 Å². The molecular weight excluding hydrogens is 242 g/mol. The minimum atomic E-state index is -0.366. The lowest BCUT2D eigenvalue weighted by atomic mass is 10.1. The van der Waals surface area contributed by atoms with Crippen molar-refractivity contribution < 1.29 is 4.92 Å². The maximum atomic E-state index is 11.1. The third-order valence-corrected chi connectivity index (χ3v) is 3.56. The van der Waals surface area contributed by atoms with Crippen LogP contribution in [0.15, 0.2) is 30.3 Å². The van der Waals surface area contributed by atoms with E-state index in [4.69, 9.17) is 0 Å². The molecule has 0 unspecified atom stereocenters. The normalized spacial score (nSPS) is 15.7. The average molecular weight is 257 g/mol. The largest absolute Gasteiger partial charge is 0.357 e. The molecule has 1 saturated heterocycles. The fraction of sp³-hybridized carbons (Fsp3) is 0.357. The standard InChI is InChI=1S/C14H15N3O2/c18-17(19)12-6-4-5-11-7-8-13(15-14(11)12)16-9-2-1-3-10-16/h4-8H,1-3,9-10H2. The van der Waals surface area contributed by atoms with Crippen LogP contribution in [0.2, 0.25) is 0 Å². The molecule has 1 aliphatic rings. The maximum Gasteiger partial charge on any atom is 0.295 e. The summed E-state index contributed by atoms with van der Waals surface area (Å²) in [6.45, 7) is 1.97. The van der Waals surface area contributed by atoms with Crippen LogP contribution in [0.4, 0.5) is 11.5 Å². The van der Waals surface area contributed by atoms with Gasteiger partial charge in [0.25, 0.3) is 5.69 Å². The van der Waals surface area contributed by atoms with Crippen molar-refractivity contribution in [3.63, 3.8) is 0 Å². The molecule has 1 aromatic carbocycles. The van der Waals surface area contributed by atoms with Crippen LogP contribution in [-0.2, 0) is 0 Å². The summed E-state index contributed by atoms with van der Waals surface area (Å²) in [5.41, 5.74) is 0.562. The Balaban J connectivity index is 2.08. The highest BCUT2D eigenvalue weighted by atomic mass is 16.6. The van der Waals surface area contributed by atoms with E-state index in [0.717, 1.165) is 37.1 Å². The summed E-state index contributed by atoms with van der Waals surface area (Å²) < 4.78 is 0. The second-order valence-electron chi connectivity index (χ2n) is 4.82. The summed E-state index contributed by atoms with van der Waals surface area (Å²) >= 11 is 0. The monoisotopic (exact) mass is 257 g/mol. The van der Waals surface area contributed by atoms with Crippen LogP contribution in [0.25, 0.3) is 10.9 Å². The number of rotatable bonds is 2. The van der Waals surface area contributed by atoms with Gasteiger partial charge in [-0.3, -0.25) is 10.1 Å². The third kappa shape index (κ3) is 2.23. The number of nitro benzene ring substituents is 1. The summed E-state index contributed by atoms with van der Waals surface area (Å²) in [5, 5.41) is 11.9. The highest BCUT2D eigenvalue weighted by Gasteiger charge is 2.16. The van der Waals surface area contributed by atoms with Crippen molar-refractivity contribution >= 4 is 22.4 Å². The Bertz CT molecular complexity index is 621. The van der Waals surface area contributed by atoms with Gasteiger partial charge < -0.3 is 4.90 Å². The van der Waals surface area contributed by atoms with E-state index < -0.39 is 0 Å². The first-order chi connectivity index (χ1) is 9.25. The number of aromatic nitrogens is 1. The number of hydrogen-bond acceptors (Lipinski definition) is 4. The number of benzene rings is 1. The first-order valence-electron chi connectivity index (χ1n) is 6.55. The Labute approximate surface area is 111 Å². The molecule has 0 atom stereocenters. The van der Waals surface area contributed by atoms with E-state index in [1.54, 1.807) is 6.07 Å². The van der Waals surface area contributed by atoms with Crippen LogP contribution >= 0.6 is 0 Å². The number of non-ortho nitro benzene ring substituents is 1. The molecule has 0 bridgehead atoms. The fourth-order valence-corrected chi connectivity index (χ4v) is 2.57. The van der Waals surface area contributed by atoms with Gasteiger partial charge in [-0.2, -0.15) is 0 Å². The zero-order valence-corrected chi connectivity index (χ0v) is 10.6. The molecular formula is C14H15N3O2. The zero-order chi connectivity index (χ0) is 13.2. The minimum absolute atomic E-state index is 0.0800. The van der Waals surface area contributed by atoms with Gasteiger partial charge in [0.1, 0.15) is 5.82 Å². The zero-order valence-electron chi connectivity index (χ0n) is 10.6. The van der Waals surface area contributed by atoms with Crippen molar-refractivity contribution in [1.29, 1.82) is 0 Å². The molecule has 0 N–H and O–H groups in total. The van der Waals surface area contributed by atoms with Gasteiger partial charge >= 0.3 is 0 Å². The molecule has 0 saturated carbocycles. The van der Waals surface area contributed by atoms with Crippen LogP contribution in [0.3, 0.4) is 0 Å². The van der Waals surface area contributed by atoms with Crippen molar-refractivity contribution in [2.75, 3.05) is 18.0 Å². The van der Waals surface area contributed by atoms with Crippen LogP contribution in [-0.4, -0.2) is 23.0 Å². The van der Waals surface area contributed by atoms with Gasteiger partial charge in [0.15, 0.2) is 5.52 Å². The second-order valence-corrected chi connectivity index (χ2v) is 4.82. The molecule has 5 heteroatoms. The molecule has 1 aliphatic heterocycles. The summed E-state index contributed by atoms with van der Waals surface area (Å²) in [5.74, 6) is 0.849. The van der Waals surface area contributed by atoms with Gasteiger partial charge in [-0.05, 0) is 31.4 Å². The van der Waals surface area contributed by atoms with E-state index in [2.05, 4.69) is 9.88 Å². The molecule has 0 radical (unpaired) electrons. The van der Waals surface area contributed by atoms with Crippen LogP contribution in [0.1, 0.15) is 19.3 Å². The van der Waals surface area contributed by atoms with Crippen molar-refractivity contribution in [2.45, 2.75) is 19.3 Å². The van der Waals surface area contributed by atoms with E-state index >= 15 is 0 Å². The third-order valence-electron chi connectivity index (χ3n) is 3.56. The lowest BCUT2D eigenvalue weighted by Crippen LogP contribution is -2.30. The number of pyridine rings is 1. The van der Waals surface area contributed by atoms with Crippen LogP contribution in [0.5, 0.6) is 0 Å². The number of nitro groups is 1. The van der Waals surface area contributed by atoms with E-state index in [1.807, 2.05) is 18.2 Å². The van der Waals surface area contributed by atoms with Crippen molar-refractivity contribution in [1.82, 2.24) is 4.98 Å². The maximum absolute atomic E-state index is 11.1. The highest BCUT2D eigenvalue weighted by molar-refractivity contribution is 5.88. The number of para-hydroxylation sites is 1.